The molecule has 0 bridgehead atoms. The highest BCUT2D eigenvalue weighted by molar-refractivity contribution is 9.10. The molecule has 3 N–H and O–H groups in total. The lowest BCUT2D eigenvalue weighted by Gasteiger charge is -2.12. The maximum Gasteiger partial charge on any atom is 0.126 e. The van der Waals surface area contributed by atoms with Gasteiger partial charge in [-0.2, -0.15) is 0 Å². The van der Waals surface area contributed by atoms with E-state index in [9.17, 15) is 8.78 Å². The van der Waals surface area contributed by atoms with E-state index in [1.807, 2.05) is 18.2 Å². The predicted molar refractivity (Wildman–Crippen MR) is 88.6 cm³/mol. The standard InChI is InChI=1S/C15H13BrF2N2S/c16-12-2-1-3-13(14(12)15(19)21)20-5-4-9-6-10(17)8-11(18)7-9/h1-3,6-8,20H,4-5H2,(H2,19,21). The lowest BCUT2D eigenvalue weighted by molar-refractivity contribution is 0.580. The Kier molecular flexibility index (Phi) is 5.25. The lowest BCUT2D eigenvalue weighted by atomic mass is 10.1. The fraction of sp³-hybridized carbons (Fsp3) is 0.133. The Labute approximate surface area is 135 Å². The highest BCUT2D eigenvalue weighted by Crippen LogP contribution is 2.24. The molecule has 0 amide bonds. The van der Waals surface area contributed by atoms with Crippen LogP contribution in [0.1, 0.15) is 11.1 Å². The molecule has 0 unspecified atom stereocenters. The molecule has 2 aromatic rings. The molecule has 0 saturated heterocycles. The van der Waals surface area contributed by atoms with E-state index in [4.69, 9.17) is 18.0 Å². The normalized spacial score (nSPS) is 10.4. The zero-order valence-electron chi connectivity index (χ0n) is 11.0. The van der Waals surface area contributed by atoms with Gasteiger partial charge in [-0.05, 0) is 52.2 Å². The quantitative estimate of drug-likeness (QED) is 0.780. The maximum absolute atomic E-state index is 13.1. The summed E-state index contributed by atoms with van der Waals surface area (Å²) in [6.07, 6.45) is 0.484. The molecular formula is C15H13BrF2N2S. The summed E-state index contributed by atoms with van der Waals surface area (Å²) < 4.78 is 27.0. The Balaban J connectivity index is 2.07. The number of thiocarbonyl (C=S) groups is 1. The number of halogens is 3. The second-order valence-corrected chi connectivity index (χ2v) is 5.78. The first-order valence-electron chi connectivity index (χ1n) is 6.24. The fourth-order valence-electron chi connectivity index (χ4n) is 2.02. The summed E-state index contributed by atoms with van der Waals surface area (Å²) in [4.78, 5) is 0.279. The number of nitrogens with two attached hydrogens (primary N) is 1. The molecule has 0 atom stereocenters. The highest BCUT2D eigenvalue weighted by atomic mass is 79.9. The summed E-state index contributed by atoms with van der Waals surface area (Å²) in [5.74, 6) is -1.15. The first kappa shape index (κ1) is 15.9. The maximum atomic E-state index is 13.1. The Bertz CT molecular complexity index is 656. The summed E-state index contributed by atoms with van der Waals surface area (Å²) in [5.41, 5.74) is 7.80. The molecule has 0 aliphatic carbocycles. The smallest absolute Gasteiger partial charge is 0.126 e. The summed E-state index contributed by atoms with van der Waals surface area (Å²) in [5, 5.41) is 3.18. The Morgan fingerprint density at radius 2 is 1.86 bits per heavy atom. The van der Waals surface area contributed by atoms with E-state index < -0.39 is 11.6 Å². The van der Waals surface area contributed by atoms with Crippen molar-refractivity contribution in [2.24, 2.45) is 5.73 Å². The Morgan fingerprint density at radius 3 is 2.48 bits per heavy atom. The zero-order chi connectivity index (χ0) is 15.4. The van der Waals surface area contributed by atoms with Crippen LogP contribution >= 0.6 is 28.1 Å². The topological polar surface area (TPSA) is 38.0 Å². The van der Waals surface area contributed by atoms with Crippen molar-refractivity contribution in [3.8, 4) is 0 Å². The van der Waals surface area contributed by atoms with Gasteiger partial charge in [-0.1, -0.05) is 18.3 Å². The molecule has 21 heavy (non-hydrogen) atoms. The van der Waals surface area contributed by atoms with E-state index in [0.29, 0.717) is 18.5 Å². The first-order chi connectivity index (χ1) is 9.97. The minimum Gasteiger partial charge on any atom is -0.389 e. The Morgan fingerprint density at radius 1 is 1.19 bits per heavy atom. The van der Waals surface area contributed by atoms with Crippen molar-refractivity contribution in [3.05, 3.63) is 63.6 Å². The van der Waals surface area contributed by atoms with Gasteiger partial charge in [-0.15, -0.1) is 0 Å². The molecule has 0 aromatic heterocycles. The van der Waals surface area contributed by atoms with Crippen LogP contribution in [0.2, 0.25) is 0 Å². The average molecular weight is 371 g/mol. The molecule has 2 nitrogen and oxygen atoms in total. The number of anilines is 1. The van der Waals surface area contributed by atoms with Crippen LogP contribution in [0.5, 0.6) is 0 Å². The van der Waals surface area contributed by atoms with E-state index >= 15 is 0 Å². The lowest BCUT2D eigenvalue weighted by Crippen LogP contribution is -2.15. The van der Waals surface area contributed by atoms with Gasteiger partial charge in [-0.3, -0.25) is 0 Å². The van der Waals surface area contributed by atoms with Crippen molar-refractivity contribution in [3.63, 3.8) is 0 Å². The van der Waals surface area contributed by atoms with Gasteiger partial charge in [-0.25, -0.2) is 8.78 Å². The number of hydrogen-bond donors (Lipinski definition) is 2. The third kappa shape index (κ3) is 4.22. The molecule has 2 aromatic carbocycles. The van der Waals surface area contributed by atoms with Crippen LogP contribution in [0.15, 0.2) is 40.9 Å². The number of hydrogen-bond acceptors (Lipinski definition) is 2. The molecule has 0 aliphatic rings. The van der Waals surface area contributed by atoms with Gasteiger partial charge in [0.15, 0.2) is 0 Å². The van der Waals surface area contributed by atoms with Crippen LogP contribution in [0.3, 0.4) is 0 Å². The van der Waals surface area contributed by atoms with Gasteiger partial charge < -0.3 is 11.1 Å². The highest BCUT2D eigenvalue weighted by Gasteiger charge is 2.09. The summed E-state index contributed by atoms with van der Waals surface area (Å²) in [6.45, 7) is 0.509. The molecule has 0 aliphatic heterocycles. The van der Waals surface area contributed by atoms with Crippen LogP contribution in [-0.2, 0) is 6.42 Å². The van der Waals surface area contributed by atoms with Gasteiger partial charge in [0.1, 0.15) is 16.6 Å². The number of nitrogens with one attached hydrogen (secondary N) is 1. The minimum atomic E-state index is -0.573. The van der Waals surface area contributed by atoms with Crippen molar-refractivity contribution < 1.29 is 8.78 Å². The summed E-state index contributed by atoms with van der Waals surface area (Å²) in [6, 6.07) is 9.06. The van der Waals surface area contributed by atoms with E-state index in [2.05, 4.69) is 21.2 Å². The molecule has 2 rings (SSSR count). The van der Waals surface area contributed by atoms with E-state index in [0.717, 1.165) is 21.8 Å². The molecule has 0 spiro atoms. The van der Waals surface area contributed by atoms with Gasteiger partial charge in [0.05, 0.1) is 0 Å². The zero-order valence-corrected chi connectivity index (χ0v) is 13.4. The molecule has 0 radical (unpaired) electrons. The van der Waals surface area contributed by atoms with Crippen LogP contribution < -0.4 is 11.1 Å². The largest absolute Gasteiger partial charge is 0.389 e. The number of rotatable bonds is 5. The van der Waals surface area contributed by atoms with Crippen molar-refractivity contribution in [2.45, 2.75) is 6.42 Å². The molecular weight excluding hydrogens is 358 g/mol. The second kappa shape index (κ2) is 6.95. The van der Waals surface area contributed by atoms with Gasteiger partial charge in [0.2, 0.25) is 0 Å². The van der Waals surface area contributed by atoms with Gasteiger partial charge >= 0.3 is 0 Å². The molecule has 0 heterocycles. The van der Waals surface area contributed by atoms with Crippen molar-refractivity contribution in [1.29, 1.82) is 0 Å². The monoisotopic (exact) mass is 370 g/mol. The summed E-state index contributed by atoms with van der Waals surface area (Å²) in [7, 11) is 0. The molecule has 6 heteroatoms. The van der Waals surface area contributed by atoms with Crippen molar-refractivity contribution in [2.75, 3.05) is 11.9 Å². The van der Waals surface area contributed by atoms with E-state index in [-0.39, 0.29) is 4.99 Å². The minimum absolute atomic E-state index is 0.279. The third-order valence-corrected chi connectivity index (χ3v) is 3.78. The van der Waals surface area contributed by atoms with E-state index in [1.54, 1.807) is 0 Å². The average Bonchev–Trinajstić information content (AvgIpc) is 2.37. The third-order valence-electron chi connectivity index (χ3n) is 2.91. The number of benzene rings is 2. The van der Waals surface area contributed by atoms with Crippen LogP contribution in [0, 0.1) is 11.6 Å². The molecule has 0 saturated carbocycles. The second-order valence-electron chi connectivity index (χ2n) is 4.48. The predicted octanol–water partition coefficient (Wildman–Crippen LogP) is 4.02. The van der Waals surface area contributed by atoms with E-state index in [1.165, 1.54) is 12.1 Å². The van der Waals surface area contributed by atoms with Crippen molar-refractivity contribution >= 4 is 38.8 Å². The SMILES string of the molecule is NC(=S)c1c(Br)cccc1NCCc1cc(F)cc(F)c1. The first-order valence-corrected chi connectivity index (χ1v) is 7.44. The fourth-order valence-corrected chi connectivity index (χ4v) is 2.95. The molecule has 110 valence electrons. The van der Waals surface area contributed by atoms with Crippen molar-refractivity contribution in [1.82, 2.24) is 0 Å². The van der Waals surface area contributed by atoms with Crippen LogP contribution in [0.4, 0.5) is 14.5 Å². The van der Waals surface area contributed by atoms with Gasteiger partial charge in [0.25, 0.3) is 0 Å². The summed E-state index contributed by atoms with van der Waals surface area (Å²) >= 11 is 8.42. The van der Waals surface area contributed by atoms with Gasteiger partial charge in [0, 0.05) is 28.3 Å². The van der Waals surface area contributed by atoms with Crippen LogP contribution in [0.25, 0.3) is 0 Å². The van der Waals surface area contributed by atoms with Crippen LogP contribution in [-0.4, -0.2) is 11.5 Å². The Hall–Kier alpha value is -1.53. The molecule has 0 fully saturated rings.